The zero-order chi connectivity index (χ0) is 15.7. The van der Waals surface area contributed by atoms with Crippen LogP contribution in [0.4, 0.5) is 0 Å². The summed E-state index contributed by atoms with van der Waals surface area (Å²) in [4.78, 5) is 11.3. The Balaban J connectivity index is 2.10. The first-order valence-corrected chi connectivity index (χ1v) is 8.14. The first-order chi connectivity index (χ1) is 10.7. The molecular formula is C18H24O4. The summed E-state index contributed by atoms with van der Waals surface area (Å²) in [7, 11) is 3.40. The van der Waals surface area contributed by atoms with Crippen LogP contribution in [-0.2, 0) is 17.6 Å². The van der Waals surface area contributed by atoms with Gasteiger partial charge in [0.1, 0.15) is 11.5 Å². The minimum Gasteiger partial charge on any atom is -0.496 e. The van der Waals surface area contributed by atoms with Gasteiger partial charge in [0.25, 0.3) is 0 Å². The lowest BCUT2D eigenvalue weighted by molar-refractivity contribution is -0.137. The number of hydrogen-bond donors (Lipinski definition) is 1. The topological polar surface area (TPSA) is 55.8 Å². The summed E-state index contributed by atoms with van der Waals surface area (Å²) in [6.07, 6.45) is 6.73. The highest BCUT2D eigenvalue weighted by Gasteiger charge is 2.37. The Kier molecular flexibility index (Phi) is 4.27. The molecule has 1 saturated carbocycles. The Morgan fingerprint density at radius 2 is 1.91 bits per heavy atom. The molecule has 120 valence electrons. The monoisotopic (exact) mass is 304 g/mol. The van der Waals surface area contributed by atoms with Crippen molar-refractivity contribution in [1.29, 1.82) is 0 Å². The predicted octanol–water partition coefficient (Wildman–Crippen LogP) is 3.55. The van der Waals surface area contributed by atoms with E-state index in [9.17, 15) is 9.90 Å². The Morgan fingerprint density at radius 1 is 1.23 bits per heavy atom. The lowest BCUT2D eigenvalue weighted by Gasteiger charge is -2.27. The fourth-order valence-electron chi connectivity index (χ4n) is 3.81. The lowest BCUT2D eigenvalue weighted by atomic mass is 9.83. The molecule has 4 heteroatoms. The summed E-state index contributed by atoms with van der Waals surface area (Å²) in [5.74, 6) is 1.58. The van der Waals surface area contributed by atoms with Crippen LogP contribution in [0.3, 0.4) is 0 Å². The Labute approximate surface area is 131 Å². The van der Waals surface area contributed by atoms with E-state index in [-0.39, 0.29) is 12.3 Å². The Hall–Kier alpha value is -1.71. The van der Waals surface area contributed by atoms with Crippen LogP contribution in [0, 0.1) is 5.92 Å². The van der Waals surface area contributed by atoms with Crippen LogP contribution < -0.4 is 9.47 Å². The van der Waals surface area contributed by atoms with Gasteiger partial charge in [0.2, 0.25) is 0 Å². The van der Waals surface area contributed by atoms with Crippen molar-refractivity contribution in [2.24, 2.45) is 5.92 Å². The number of ether oxygens (including phenoxy) is 2. The third kappa shape index (κ3) is 2.79. The number of carboxylic acid groups (broad SMARTS) is 1. The number of hydrogen-bond acceptors (Lipinski definition) is 3. The molecule has 1 N–H and O–H groups in total. The molecule has 3 rings (SSSR count). The van der Waals surface area contributed by atoms with Crippen molar-refractivity contribution < 1.29 is 19.4 Å². The third-order valence-corrected chi connectivity index (χ3v) is 5.00. The number of carboxylic acids is 1. The first kappa shape index (κ1) is 15.2. The minimum atomic E-state index is -0.740. The van der Waals surface area contributed by atoms with Crippen LogP contribution in [0.15, 0.2) is 6.07 Å². The van der Waals surface area contributed by atoms with Gasteiger partial charge in [-0.1, -0.05) is 0 Å². The zero-order valence-electron chi connectivity index (χ0n) is 13.4. The molecule has 1 unspecified atom stereocenters. The molecule has 0 saturated heterocycles. The van der Waals surface area contributed by atoms with Crippen LogP contribution in [0.1, 0.15) is 54.7 Å². The van der Waals surface area contributed by atoms with Crippen LogP contribution >= 0.6 is 0 Å². The van der Waals surface area contributed by atoms with Gasteiger partial charge >= 0.3 is 5.97 Å². The standard InChI is InChI=1S/C18H24O4/c1-21-16-9-15(14(10-17(19)20)11-7-8-11)18(22-2)13-6-4-3-5-12(13)16/h9,11,14H,3-8,10H2,1-2H3,(H,19,20). The van der Waals surface area contributed by atoms with Gasteiger partial charge in [-0.2, -0.15) is 0 Å². The van der Waals surface area contributed by atoms with Crippen LogP contribution in [0.25, 0.3) is 0 Å². The van der Waals surface area contributed by atoms with Gasteiger partial charge in [-0.05, 0) is 50.5 Å². The van der Waals surface area contributed by atoms with Crippen LogP contribution in [-0.4, -0.2) is 25.3 Å². The molecule has 1 atom stereocenters. The first-order valence-electron chi connectivity index (χ1n) is 8.14. The second-order valence-corrected chi connectivity index (χ2v) is 6.41. The number of methoxy groups -OCH3 is 2. The van der Waals surface area contributed by atoms with E-state index in [1.54, 1.807) is 14.2 Å². The van der Waals surface area contributed by atoms with Crippen molar-refractivity contribution in [3.63, 3.8) is 0 Å². The fraction of sp³-hybridized carbons (Fsp3) is 0.611. The van der Waals surface area contributed by atoms with Gasteiger partial charge in [0.05, 0.1) is 20.6 Å². The molecule has 0 aliphatic heterocycles. The maximum Gasteiger partial charge on any atom is 0.303 e. The second kappa shape index (κ2) is 6.19. The summed E-state index contributed by atoms with van der Waals surface area (Å²) in [5, 5.41) is 9.28. The molecule has 4 nitrogen and oxygen atoms in total. The average Bonchev–Trinajstić information content (AvgIpc) is 3.35. The van der Waals surface area contributed by atoms with Crippen molar-refractivity contribution in [3.05, 3.63) is 22.8 Å². The summed E-state index contributed by atoms with van der Waals surface area (Å²) < 4.78 is 11.3. The number of fused-ring (bicyclic) bond motifs is 1. The molecule has 2 aliphatic rings. The normalized spacial score (nSPS) is 18.5. The summed E-state index contributed by atoms with van der Waals surface area (Å²) >= 11 is 0. The van der Waals surface area contributed by atoms with E-state index in [1.165, 1.54) is 17.5 Å². The van der Waals surface area contributed by atoms with E-state index < -0.39 is 5.97 Å². The maximum atomic E-state index is 11.3. The molecule has 22 heavy (non-hydrogen) atoms. The summed E-state index contributed by atoms with van der Waals surface area (Å²) in [5.41, 5.74) is 3.52. The second-order valence-electron chi connectivity index (χ2n) is 6.41. The van der Waals surface area contributed by atoms with Gasteiger partial charge in [0.15, 0.2) is 0 Å². The molecule has 0 amide bonds. The molecular weight excluding hydrogens is 280 g/mol. The molecule has 0 heterocycles. The highest BCUT2D eigenvalue weighted by molar-refractivity contribution is 5.69. The zero-order valence-corrected chi connectivity index (χ0v) is 13.4. The van der Waals surface area contributed by atoms with E-state index in [0.29, 0.717) is 5.92 Å². The fourth-order valence-corrected chi connectivity index (χ4v) is 3.81. The van der Waals surface area contributed by atoms with Crippen molar-refractivity contribution in [2.45, 2.75) is 50.9 Å². The van der Waals surface area contributed by atoms with E-state index in [1.807, 2.05) is 6.07 Å². The summed E-state index contributed by atoms with van der Waals surface area (Å²) in [6, 6.07) is 2.04. The smallest absolute Gasteiger partial charge is 0.303 e. The minimum absolute atomic E-state index is 0.0357. The lowest BCUT2D eigenvalue weighted by Crippen LogP contribution is -2.14. The summed E-state index contributed by atoms with van der Waals surface area (Å²) in [6.45, 7) is 0. The third-order valence-electron chi connectivity index (χ3n) is 5.00. The number of rotatable bonds is 6. The highest BCUT2D eigenvalue weighted by Crippen LogP contribution is 2.50. The van der Waals surface area contributed by atoms with Crippen LogP contribution in [0.5, 0.6) is 11.5 Å². The quantitative estimate of drug-likeness (QED) is 0.873. The molecule has 0 aromatic heterocycles. The molecule has 1 aromatic rings. The highest BCUT2D eigenvalue weighted by atomic mass is 16.5. The molecule has 0 spiro atoms. The van der Waals surface area contributed by atoms with Gasteiger partial charge in [-0.25, -0.2) is 0 Å². The Morgan fingerprint density at radius 3 is 2.45 bits per heavy atom. The van der Waals surface area contributed by atoms with E-state index in [0.717, 1.165) is 49.2 Å². The van der Waals surface area contributed by atoms with Gasteiger partial charge in [0, 0.05) is 22.6 Å². The molecule has 0 radical (unpaired) electrons. The number of benzene rings is 1. The van der Waals surface area contributed by atoms with Gasteiger partial charge in [-0.15, -0.1) is 0 Å². The average molecular weight is 304 g/mol. The largest absolute Gasteiger partial charge is 0.496 e. The number of carbonyl (C=O) groups is 1. The predicted molar refractivity (Wildman–Crippen MR) is 83.9 cm³/mol. The van der Waals surface area contributed by atoms with E-state index in [2.05, 4.69) is 0 Å². The van der Waals surface area contributed by atoms with Crippen LogP contribution in [0.2, 0.25) is 0 Å². The maximum absolute atomic E-state index is 11.3. The van der Waals surface area contributed by atoms with Crippen molar-refractivity contribution in [1.82, 2.24) is 0 Å². The van der Waals surface area contributed by atoms with Crippen molar-refractivity contribution >= 4 is 5.97 Å². The molecule has 1 fully saturated rings. The van der Waals surface area contributed by atoms with Gasteiger partial charge < -0.3 is 14.6 Å². The molecule has 2 aliphatic carbocycles. The molecule has 1 aromatic carbocycles. The van der Waals surface area contributed by atoms with E-state index in [4.69, 9.17) is 9.47 Å². The van der Waals surface area contributed by atoms with Gasteiger partial charge in [-0.3, -0.25) is 4.79 Å². The van der Waals surface area contributed by atoms with Crippen molar-refractivity contribution in [2.75, 3.05) is 14.2 Å². The van der Waals surface area contributed by atoms with E-state index >= 15 is 0 Å². The molecule has 0 bridgehead atoms. The Bertz CT molecular complexity index is 575. The number of aliphatic carboxylic acids is 1. The SMILES string of the molecule is COc1cc(C(CC(=O)O)C2CC2)c(OC)c2c1CCCC2. The van der Waals surface area contributed by atoms with Crippen molar-refractivity contribution in [3.8, 4) is 11.5 Å².